The van der Waals surface area contributed by atoms with Crippen LogP contribution in [0, 0.1) is 5.92 Å². The van der Waals surface area contributed by atoms with Gasteiger partial charge in [0, 0.05) is 55.8 Å². The van der Waals surface area contributed by atoms with Gasteiger partial charge in [0.2, 0.25) is 5.88 Å². The minimum absolute atomic E-state index is 0.0399. The molecule has 0 unspecified atom stereocenters. The Morgan fingerprint density at radius 2 is 1.77 bits per heavy atom. The van der Waals surface area contributed by atoms with Gasteiger partial charge in [-0.05, 0) is 43.6 Å². The van der Waals surface area contributed by atoms with Crippen LogP contribution in [0.3, 0.4) is 0 Å². The largest absolute Gasteiger partial charge is 0.477 e. The standard InChI is InChI=1S/C27H31N7O4S/c35-26(18-11-19(17-1-2-17)24(28-12-18)38-15-16-5-9-37-10-6-16)34-8-4-21-23(14-34)39-25(29-21)27(36)33-7-3-20-22(13-33)31-32-30-20/h11-12,16-17H,1-10,13-15H2,(H,30,31,32). The Morgan fingerprint density at radius 3 is 2.59 bits per heavy atom. The molecular weight excluding hydrogens is 518 g/mol. The van der Waals surface area contributed by atoms with Gasteiger partial charge in [-0.1, -0.05) is 0 Å². The molecule has 0 aromatic carbocycles. The number of amides is 2. The third-order valence-corrected chi connectivity index (χ3v) is 9.16. The van der Waals surface area contributed by atoms with Crippen molar-refractivity contribution in [2.24, 2.45) is 5.92 Å². The molecule has 204 valence electrons. The Labute approximate surface area is 229 Å². The second-order valence-corrected chi connectivity index (χ2v) is 11.9. The van der Waals surface area contributed by atoms with E-state index in [1.807, 2.05) is 11.0 Å². The summed E-state index contributed by atoms with van der Waals surface area (Å²) in [5, 5.41) is 11.4. The van der Waals surface area contributed by atoms with Gasteiger partial charge in [0.25, 0.3) is 11.8 Å². The summed E-state index contributed by atoms with van der Waals surface area (Å²) >= 11 is 1.39. The second kappa shape index (κ2) is 10.3. The van der Waals surface area contributed by atoms with Gasteiger partial charge >= 0.3 is 0 Å². The lowest BCUT2D eigenvalue weighted by atomic mass is 10.0. The molecule has 39 heavy (non-hydrogen) atoms. The lowest BCUT2D eigenvalue weighted by molar-refractivity contribution is 0.0488. The van der Waals surface area contributed by atoms with Crippen LogP contribution in [-0.4, -0.2) is 79.9 Å². The number of nitrogens with one attached hydrogen (secondary N) is 1. The number of fused-ring (bicyclic) bond motifs is 2. The summed E-state index contributed by atoms with van der Waals surface area (Å²) in [7, 11) is 0. The molecule has 1 saturated heterocycles. The van der Waals surface area contributed by atoms with Crippen molar-refractivity contribution in [3.05, 3.63) is 50.4 Å². The molecule has 0 atom stereocenters. The van der Waals surface area contributed by atoms with Crippen molar-refractivity contribution in [2.75, 3.05) is 32.9 Å². The third kappa shape index (κ3) is 5.03. The Hall–Kier alpha value is -3.38. The molecule has 12 heteroatoms. The number of H-pyrrole nitrogens is 1. The molecule has 7 rings (SSSR count). The molecule has 3 aliphatic heterocycles. The molecular formula is C27H31N7O4S. The van der Waals surface area contributed by atoms with Gasteiger partial charge in [-0.3, -0.25) is 9.59 Å². The number of ether oxygens (including phenoxy) is 2. The lowest BCUT2D eigenvalue weighted by Crippen LogP contribution is -2.36. The monoisotopic (exact) mass is 549 g/mol. The van der Waals surface area contributed by atoms with E-state index in [9.17, 15) is 9.59 Å². The Balaban J connectivity index is 1.03. The smallest absolute Gasteiger partial charge is 0.283 e. The van der Waals surface area contributed by atoms with Crippen LogP contribution in [0.25, 0.3) is 0 Å². The van der Waals surface area contributed by atoms with Gasteiger partial charge in [0.05, 0.1) is 36.6 Å². The van der Waals surface area contributed by atoms with E-state index in [1.54, 1.807) is 11.1 Å². The van der Waals surface area contributed by atoms with Crippen LogP contribution in [0.1, 0.15) is 79.3 Å². The van der Waals surface area contributed by atoms with E-state index < -0.39 is 0 Å². The summed E-state index contributed by atoms with van der Waals surface area (Å²) in [6, 6.07) is 1.98. The molecule has 6 heterocycles. The highest BCUT2D eigenvalue weighted by atomic mass is 32.1. The van der Waals surface area contributed by atoms with Crippen molar-refractivity contribution < 1.29 is 19.1 Å². The maximum Gasteiger partial charge on any atom is 0.283 e. The minimum atomic E-state index is -0.0875. The number of hydrogen-bond donors (Lipinski definition) is 1. The van der Waals surface area contributed by atoms with Gasteiger partial charge in [0.1, 0.15) is 5.69 Å². The minimum Gasteiger partial charge on any atom is -0.477 e. The summed E-state index contributed by atoms with van der Waals surface area (Å²) in [6.45, 7) is 4.27. The zero-order valence-corrected chi connectivity index (χ0v) is 22.5. The van der Waals surface area contributed by atoms with E-state index in [-0.39, 0.29) is 11.8 Å². The van der Waals surface area contributed by atoms with Crippen molar-refractivity contribution in [1.82, 2.24) is 35.2 Å². The van der Waals surface area contributed by atoms with Crippen molar-refractivity contribution in [3.8, 4) is 5.88 Å². The first-order valence-corrected chi connectivity index (χ1v) is 14.6. The fraction of sp³-hybridized carbons (Fsp3) is 0.556. The maximum atomic E-state index is 13.5. The number of pyridine rings is 1. The first kappa shape index (κ1) is 24.6. The zero-order valence-electron chi connectivity index (χ0n) is 21.7. The molecule has 3 aromatic heterocycles. The van der Waals surface area contributed by atoms with Crippen molar-refractivity contribution >= 4 is 23.2 Å². The van der Waals surface area contributed by atoms with Crippen molar-refractivity contribution in [1.29, 1.82) is 0 Å². The number of nitrogens with zero attached hydrogens (tertiary/aromatic N) is 6. The van der Waals surface area contributed by atoms with Crippen LogP contribution in [0.5, 0.6) is 5.88 Å². The first-order valence-electron chi connectivity index (χ1n) is 13.8. The zero-order chi connectivity index (χ0) is 26.3. The van der Waals surface area contributed by atoms with Crippen molar-refractivity contribution in [3.63, 3.8) is 0 Å². The number of carbonyl (C=O) groups excluding carboxylic acids is 2. The average Bonchev–Trinajstić information content (AvgIpc) is 3.56. The lowest BCUT2D eigenvalue weighted by Gasteiger charge is -2.26. The number of hydrogen-bond acceptors (Lipinski definition) is 9. The second-order valence-electron chi connectivity index (χ2n) is 10.8. The predicted molar refractivity (Wildman–Crippen MR) is 141 cm³/mol. The van der Waals surface area contributed by atoms with Crippen LogP contribution in [-0.2, 0) is 30.7 Å². The van der Waals surface area contributed by atoms with E-state index in [1.165, 1.54) is 11.3 Å². The normalized spacial score (nSPS) is 19.5. The van der Waals surface area contributed by atoms with Gasteiger partial charge < -0.3 is 19.3 Å². The highest BCUT2D eigenvalue weighted by Crippen LogP contribution is 2.44. The highest BCUT2D eigenvalue weighted by Gasteiger charge is 2.32. The van der Waals surface area contributed by atoms with Gasteiger partial charge in [-0.15, -0.1) is 11.3 Å². The van der Waals surface area contributed by atoms with Gasteiger partial charge in [-0.2, -0.15) is 15.4 Å². The SMILES string of the molecule is O=C(c1cnc(OCC2CCOCC2)c(C2CC2)c1)N1CCc2nc(C(=O)N3CCc4n[nH]nc4C3)sc2C1. The van der Waals surface area contributed by atoms with Gasteiger partial charge in [0.15, 0.2) is 5.01 Å². The Bertz CT molecular complexity index is 1390. The van der Waals surface area contributed by atoms with E-state index in [2.05, 4.69) is 25.4 Å². The van der Waals surface area contributed by atoms with Gasteiger partial charge in [-0.25, -0.2) is 9.97 Å². The maximum absolute atomic E-state index is 13.5. The molecule has 0 radical (unpaired) electrons. The Morgan fingerprint density at radius 1 is 1.00 bits per heavy atom. The van der Waals surface area contributed by atoms with Crippen LogP contribution in [0.2, 0.25) is 0 Å². The molecule has 1 N–H and O–H groups in total. The van der Waals surface area contributed by atoms with Crippen LogP contribution in [0.15, 0.2) is 12.3 Å². The molecule has 11 nitrogen and oxygen atoms in total. The summed E-state index contributed by atoms with van der Waals surface area (Å²) in [4.78, 5) is 40.6. The molecule has 1 aliphatic carbocycles. The van der Waals surface area contributed by atoms with Crippen molar-refractivity contribution in [2.45, 2.75) is 57.5 Å². The molecule has 4 aliphatic rings. The number of rotatable bonds is 6. The average molecular weight is 550 g/mol. The summed E-state index contributed by atoms with van der Waals surface area (Å²) in [5.41, 5.74) is 4.29. The summed E-state index contributed by atoms with van der Waals surface area (Å²) < 4.78 is 11.6. The van der Waals surface area contributed by atoms with E-state index in [0.717, 1.165) is 66.4 Å². The number of aromatic amines is 1. The number of carbonyl (C=O) groups is 2. The molecule has 0 bridgehead atoms. The fourth-order valence-electron chi connectivity index (χ4n) is 5.56. The van der Waals surface area contributed by atoms with Crippen LogP contribution >= 0.6 is 11.3 Å². The fourth-order valence-corrected chi connectivity index (χ4v) is 6.65. The van der Waals surface area contributed by atoms with E-state index in [4.69, 9.17) is 9.47 Å². The van der Waals surface area contributed by atoms with Crippen LogP contribution in [0.4, 0.5) is 0 Å². The first-order chi connectivity index (χ1) is 19.1. The summed E-state index contributed by atoms with van der Waals surface area (Å²) in [6.07, 6.45) is 7.20. The number of aromatic nitrogens is 5. The quantitative estimate of drug-likeness (QED) is 0.497. The predicted octanol–water partition coefficient (Wildman–Crippen LogP) is 2.74. The number of thiazole rings is 1. The molecule has 1 saturated carbocycles. The highest BCUT2D eigenvalue weighted by molar-refractivity contribution is 7.13. The molecule has 0 spiro atoms. The van der Waals surface area contributed by atoms with Crippen LogP contribution < -0.4 is 4.74 Å². The molecule has 3 aromatic rings. The van der Waals surface area contributed by atoms with E-state index >= 15 is 0 Å². The molecule has 2 amide bonds. The Kier molecular flexibility index (Phi) is 6.51. The third-order valence-electron chi connectivity index (χ3n) is 8.09. The topological polar surface area (TPSA) is 126 Å². The molecule has 2 fully saturated rings. The summed E-state index contributed by atoms with van der Waals surface area (Å²) in [5.74, 6) is 1.45. The van der Waals surface area contributed by atoms with E-state index in [0.29, 0.717) is 73.9 Å².